The van der Waals surface area contributed by atoms with Crippen LogP contribution in [0.2, 0.25) is 0 Å². The molecule has 0 rings (SSSR count). The van der Waals surface area contributed by atoms with Crippen molar-refractivity contribution in [3.63, 3.8) is 0 Å². The second kappa shape index (κ2) is 12.1. The van der Waals surface area contributed by atoms with E-state index in [4.69, 9.17) is 4.55 Å². The maximum Gasteiger partial charge on any atom is 0.266 e. The smallest absolute Gasteiger partial charge is 0.266 e. The van der Waals surface area contributed by atoms with E-state index in [-0.39, 0.29) is 5.78 Å². The molecule has 1 unspecified atom stereocenters. The first-order valence-corrected chi connectivity index (χ1v) is 9.66. The lowest BCUT2D eigenvalue weighted by atomic mass is 10.0. The molecular weight excluding hydrogens is 290 g/mol. The third-order valence-electron chi connectivity index (χ3n) is 3.64. The Kier molecular flexibility index (Phi) is 11.9. The van der Waals surface area contributed by atoms with Gasteiger partial charge in [-0.25, -0.2) is 0 Å². The first-order chi connectivity index (χ1) is 9.90. The Labute approximate surface area is 129 Å². The van der Waals surface area contributed by atoms with Crippen LogP contribution in [0.1, 0.15) is 71.1 Å². The Morgan fingerprint density at radius 3 is 1.90 bits per heavy atom. The summed E-state index contributed by atoms with van der Waals surface area (Å²) in [5, 5.41) is 2.65. The Morgan fingerprint density at radius 1 is 1.00 bits per heavy atom. The van der Waals surface area contributed by atoms with E-state index in [1.165, 1.54) is 45.6 Å². The van der Waals surface area contributed by atoms with Crippen LogP contribution in [0, 0.1) is 0 Å². The van der Waals surface area contributed by atoms with E-state index in [0.717, 1.165) is 19.3 Å². The molecule has 0 amide bonds. The SMILES string of the molecule is CCCCCCCCCCCC(=O)C(CS(=O)(=O)O)NC. The van der Waals surface area contributed by atoms with E-state index in [0.29, 0.717) is 6.42 Å². The number of ketones is 1. The number of carbonyl (C=O) groups is 1. The minimum absolute atomic E-state index is 0.141. The van der Waals surface area contributed by atoms with Gasteiger partial charge in [0.05, 0.1) is 11.8 Å². The molecule has 0 aromatic heterocycles. The molecule has 0 saturated carbocycles. The summed E-state index contributed by atoms with van der Waals surface area (Å²) in [4.78, 5) is 11.8. The molecule has 0 saturated heterocycles. The van der Waals surface area contributed by atoms with Crippen LogP contribution in [-0.4, -0.2) is 37.6 Å². The molecule has 0 spiro atoms. The van der Waals surface area contributed by atoms with Gasteiger partial charge in [0, 0.05) is 6.42 Å². The zero-order chi connectivity index (χ0) is 16.1. The van der Waals surface area contributed by atoms with Crippen LogP contribution in [0.3, 0.4) is 0 Å². The highest BCUT2D eigenvalue weighted by molar-refractivity contribution is 7.85. The van der Waals surface area contributed by atoms with Gasteiger partial charge in [0.15, 0.2) is 5.78 Å². The van der Waals surface area contributed by atoms with Gasteiger partial charge >= 0.3 is 0 Å². The van der Waals surface area contributed by atoms with Crippen molar-refractivity contribution in [2.45, 2.75) is 77.2 Å². The molecule has 0 heterocycles. The van der Waals surface area contributed by atoms with Gasteiger partial charge in [-0.3, -0.25) is 9.35 Å². The van der Waals surface area contributed by atoms with Gasteiger partial charge in [0.25, 0.3) is 10.1 Å². The molecule has 1 atom stereocenters. The molecule has 21 heavy (non-hydrogen) atoms. The Bertz CT molecular complexity index is 368. The number of Topliss-reactive ketones (excluding diaryl/α,β-unsaturated/α-hetero) is 1. The van der Waals surface area contributed by atoms with E-state index in [1.54, 1.807) is 0 Å². The van der Waals surface area contributed by atoms with Crippen LogP contribution in [0.25, 0.3) is 0 Å². The molecule has 2 N–H and O–H groups in total. The van der Waals surface area contributed by atoms with Crippen LogP contribution in [-0.2, 0) is 14.9 Å². The summed E-state index contributed by atoms with van der Waals surface area (Å²) in [6.07, 6.45) is 10.9. The van der Waals surface area contributed by atoms with Crippen LogP contribution in [0.4, 0.5) is 0 Å². The van der Waals surface area contributed by atoms with Crippen LogP contribution in [0.5, 0.6) is 0 Å². The minimum Gasteiger partial charge on any atom is -0.310 e. The monoisotopic (exact) mass is 321 g/mol. The lowest BCUT2D eigenvalue weighted by molar-refractivity contribution is -0.120. The van der Waals surface area contributed by atoms with Crippen molar-refractivity contribution >= 4 is 15.9 Å². The molecular formula is C15H31NO4S. The zero-order valence-corrected chi connectivity index (χ0v) is 14.3. The fourth-order valence-corrected chi connectivity index (χ4v) is 3.11. The Morgan fingerprint density at radius 2 is 1.48 bits per heavy atom. The number of rotatable bonds is 14. The fourth-order valence-electron chi connectivity index (χ4n) is 2.33. The first-order valence-electron chi connectivity index (χ1n) is 8.05. The van der Waals surface area contributed by atoms with Crippen molar-refractivity contribution in [2.24, 2.45) is 0 Å². The molecule has 0 aliphatic rings. The Hall–Kier alpha value is -0.460. The first kappa shape index (κ1) is 20.5. The molecule has 0 bridgehead atoms. The standard InChI is InChI=1S/C15H31NO4S/c1-3-4-5-6-7-8-9-10-11-12-15(17)14(16-2)13-21(18,19)20/h14,16H,3-13H2,1-2H3,(H,18,19,20). The van der Waals surface area contributed by atoms with E-state index in [2.05, 4.69) is 12.2 Å². The van der Waals surface area contributed by atoms with Gasteiger partial charge in [-0.1, -0.05) is 58.3 Å². The lowest BCUT2D eigenvalue weighted by Gasteiger charge is -2.12. The number of unbranched alkanes of at least 4 members (excludes halogenated alkanes) is 8. The number of likely N-dealkylation sites (N-methyl/N-ethyl adjacent to an activating group) is 1. The maximum atomic E-state index is 11.8. The van der Waals surface area contributed by atoms with Crippen LogP contribution >= 0.6 is 0 Å². The van der Waals surface area contributed by atoms with Crippen molar-refractivity contribution in [3.05, 3.63) is 0 Å². The summed E-state index contributed by atoms with van der Waals surface area (Å²) < 4.78 is 30.4. The molecule has 6 heteroatoms. The number of hydrogen-bond donors (Lipinski definition) is 2. The lowest BCUT2D eigenvalue weighted by Crippen LogP contribution is -2.40. The van der Waals surface area contributed by atoms with Crippen molar-refractivity contribution in [2.75, 3.05) is 12.8 Å². The summed E-state index contributed by atoms with van der Waals surface area (Å²) in [7, 11) is -2.58. The number of hydrogen-bond acceptors (Lipinski definition) is 4. The summed E-state index contributed by atoms with van der Waals surface area (Å²) in [5.41, 5.74) is 0. The van der Waals surface area contributed by atoms with Gasteiger partial charge in [0.2, 0.25) is 0 Å². The topological polar surface area (TPSA) is 83.5 Å². The highest BCUT2D eigenvalue weighted by atomic mass is 32.2. The third kappa shape index (κ3) is 13.0. The average Bonchev–Trinajstić information content (AvgIpc) is 2.41. The summed E-state index contributed by atoms with van der Waals surface area (Å²) in [5.74, 6) is -0.683. The highest BCUT2D eigenvalue weighted by Crippen LogP contribution is 2.11. The molecule has 0 aliphatic heterocycles. The summed E-state index contributed by atoms with van der Waals surface area (Å²) in [6, 6.07) is -0.797. The molecule has 5 nitrogen and oxygen atoms in total. The zero-order valence-electron chi connectivity index (χ0n) is 13.4. The van der Waals surface area contributed by atoms with Crippen LogP contribution < -0.4 is 5.32 Å². The van der Waals surface area contributed by atoms with Crippen LogP contribution in [0.15, 0.2) is 0 Å². The predicted molar refractivity (Wildman–Crippen MR) is 86.1 cm³/mol. The van der Waals surface area contributed by atoms with Crippen molar-refractivity contribution in [1.82, 2.24) is 5.32 Å². The van der Waals surface area contributed by atoms with Crippen molar-refractivity contribution < 1.29 is 17.8 Å². The second-order valence-electron chi connectivity index (χ2n) is 5.63. The molecule has 0 aromatic carbocycles. The van der Waals surface area contributed by atoms with E-state index < -0.39 is 21.9 Å². The predicted octanol–water partition coefficient (Wildman–Crippen LogP) is 2.95. The molecule has 0 aromatic rings. The number of carbonyl (C=O) groups excluding carboxylic acids is 1. The molecule has 126 valence electrons. The van der Waals surface area contributed by atoms with Gasteiger partial charge in [-0.15, -0.1) is 0 Å². The Balaban J connectivity index is 3.64. The molecule has 0 aliphatic carbocycles. The highest BCUT2D eigenvalue weighted by Gasteiger charge is 2.21. The quantitative estimate of drug-likeness (QED) is 0.379. The normalized spacial score (nSPS) is 13.3. The minimum atomic E-state index is -4.11. The summed E-state index contributed by atoms with van der Waals surface area (Å²) in [6.45, 7) is 2.21. The largest absolute Gasteiger partial charge is 0.310 e. The van der Waals surface area contributed by atoms with Gasteiger partial charge in [0.1, 0.15) is 0 Å². The van der Waals surface area contributed by atoms with Gasteiger partial charge in [-0.2, -0.15) is 8.42 Å². The van der Waals surface area contributed by atoms with Crippen molar-refractivity contribution in [3.8, 4) is 0 Å². The second-order valence-corrected chi connectivity index (χ2v) is 7.13. The van der Waals surface area contributed by atoms with E-state index in [1.807, 2.05) is 0 Å². The van der Waals surface area contributed by atoms with Gasteiger partial charge < -0.3 is 5.32 Å². The maximum absolute atomic E-state index is 11.8. The molecule has 0 fully saturated rings. The molecule has 0 radical (unpaired) electrons. The van der Waals surface area contributed by atoms with E-state index >= 15 is 0 Å². The average molecular weight is 321 g/mol. The van der Waals surface area contributed by atoms with Crippen molar-refractivity contribution in [1.29, 1.82) is 0 Å². The third-order valence-corrected chi connectivity index (χ3v) is 4.40. The summed E-state index contributed by atoms with van der Waals surface area (Å²) >= 11 is 0. The van der Waals surface area contributed by atoms with Gasteiger partial charge in [-0.05, 0) is 13.5 Å². The van der Waals surface area contributed by atoms with E-state index in [9.17, 15) is 13.2 Å². The fraction of sp³-hybridized carbons (Fsp3) is 0.933. The number of nitrogens with one attached hydrogen (secondary N) is 1.